The van der Waals surface area contributed by atoms with Crippen LogP contribution >= 0.6 is 11.6 Å². The number of carboxylic acid groups (broad SMARTS) is 1. The second kappa shape index (κ2) is 8.04. The number of carboxylic acids is 1. The molecule has 0 fully saturated rings. The molecule has 152 valence electrons. The predicted molar refractivity (Wildman–Crippen MR) is 115 cm³/mol. The summed E-state index contributed by atoms with van der Waals surface area (Å²) in [5, 5.41) is 20.2. The van der Waals surface area contributed by atoms with Crippen molar-refractivity contribution in [2.24, 2.45) is 0 Å². The van der Waals surface area contributed by atoms with Gasteiger partial charge in [-0.3, -0.25) is 4.79 Å². The van der Waals surface area contributed by atoms with Gasteiger partial charge in [-0.2, -0.15) is 5.10 Å². The van der Waals surface area contributed by atoms with Gasteiger partial charge in [0.15, 0.2) is 0 Å². The molecule has 0 saturated heterocycles. The topological polar surface area (TPSA) is 96.3 Å². The van der Waals surface area contributed by atoms with E-state index in [4.69, 9.17) is 11.6 Å². The Kier molecular flexibility index (Phi) is 5.29. The summed E-state index contributed by atoms with van der Waals surface area (Å²) in [6, 6.07) is 14.1. The van der Waals surface area contributed by atoms with Gasteiger partial charge in [0.1, 0.15) is 17.1 Å². The number of anilines is 2. The van der Waals surface area contributed by atoms with Crippen LogP contribution in [-0.2, 0) is 11.2 Å². The number of aliphatic carboxylic acids is 1. The van der Waals surface area contributed by atoms with Crippen LogP contribution < -0.4 is 10.6 Å². The van der Waals surface area contributed by atoms with Crippen LogP contribution in [0.4, 0.5) is 11.5 Å². The van der Waals surface area contributed by atoms with Crippen LogP contribution in [0.5, 0.6) is 0 Å². The first-order valence-corrected chi connectivity index (χ1v) is 9.80. The number of hydrogen-bond acceptors (Lipinski definition) is 4. The van der Waals surface area contributed by atoms with Crippen LogP contribution in [0.3, 0.4) is 0 Å². The molecular weight excluding hydrogens is 404 g/mol. The highest BCUT2D eigenvalue weighted by Crippen LogP contribution is 2.33. The van der Waals surface area contributed by atoms with Gasteiger partial charge in [-0.1, -0.05) is 48.9 Å². The Balaban J connectivity index is 1.72. The molecule has 1 aliphatic rings. The number of aryl methyl sites for hydroxylation is 1. The number of benzene rings is 2. The zero-order valence-corrected chi connectivity index (χ0v) is 16.8. The molecule has 1 unspecified atom stereocenters. The molecule has 0 saturated carbocycles. The standard InChI is InChI=1S/C22H19ClN4O3/c1-2-13-5-3-4-6-17(13)26-21(28)16-12-24-27-19(14-7-9-15(23)10-8-14)11-18(22(29)30)25-20(16)27/h3-12,19,25H,2H2,1H3,(H,26,28)(H,29,30). The van der Waals surface area contributed by atoms with Crippen LogP contribution in [0.2, 0.25) is 5.02 Å². The van der Waals surface area contributed by atoms with E-state index in [1.165, 1.54) is 6.20 Å². The minimum absolute atomic E-state index is 0.0223. The fourth-order valence-corrected chi connectivity index (χ4v) is 3.55. The summed E-state index contributed by atoms with van der Waals surface area (Å²) in [7, 11) is 0. The van der Waals surface area contributed by atoms with Crippen LogP contribution in [-0.4, -0.2) is 26.8 Å². The monoisotopic (exact) mass is 422 g/mol. The van der Waals surface area contributed by atoms with Gasteiger partial charge in [-0.25, -0.2) is 9.48 Å². The van der Waals surface area contributed by atoms with E-state index in [0.717, 1.165) is 17.5 Å². The lowest BCUT2D eigenvalue weighted by atomic mass is 10.0. The van der Waals surface area contributed by atoms with Gasteiger partial charge in [-0.05, 0) is 41.8 Å². The number of carbonyl (C=O) groups excluding carboxylic acids is 1. The van der Waals surface area contributed by atoms with Crippen molar-refractivity contribution in [3.63, 3.8) is 0 Å². The maximum absolute atomic E-state index is 13.0. The number of hydrogen-bond donors (Lipinski definition) is 3. The summed E-state index contributed by atoms with van der Waals surface area (Å²) in [4.78, 5) is 24.7. The Morgan fingerprint density at radius 1 is 1.20 bits per heavy atom. The van der Waals surface area contributed by atoms with Crippen LogP contribution in [0, 0.1) is 0 Å². The third-order valence-electron chi connectivity index (χ3n) is 4.97. The molecule has 2 aromatic carbocycles. The molecule has 2 heterocycles. The first kappa shape index (κ1) is 19.7. The van der Waals surface area contributed by atoms with E-state index in [0.29, 0.717) is 16.5 Å². The van der Waals surface area contributed by atoms with Gasteiger partial charge in [-0.15, -0.1) is 0 Å². The van der Waals surface area contributed by atoms with Gasteiger partial charge in [0, 0.05) is 10.7 Å². The number of aromatic nitrogens is 2. The summed E-state index contributed by atoms with van der Waals surface area (Å²) in [5.41, 5.74) is 2.75. The van der Waals surface area contributed by atoms with Gasteiger partial charge in [0.05, 0.1) is 12.2 Å². The Hall–Kier alpha value is -3.58. The highest BCUT2D eigenvalue weighted by molar-refractivity contribution is 6.30. The number of carbonyl (C=O) groups is 2. The molecule has 4 rings (SSSR count). The molecule has 0 aliphatic carbocycles. The molecule has 1 atom stereocenters. The number of rotatable bonds is 5. The maximum Gasteiger partial charge on any atom is 0.352 e. The normalized spacial score (nSPS) is 15.0. The molecule has 3 N–H and O–H groups in total. The van der Waals surface area contributed by atoms with Crippen molar-refractivity contribution in [1.82, 2.24) is 9.78 Å². The van der Waals surface area contributed by atoms with Crippen LogP contribution in [0.25, 0.3) is 0 Å². The van der Waals surface area contributed by atoms with Crippen LogP contribution in [0.1, 0.15) is 34.5 Å². The Morgan fingerprint density at radius 3 is 2.63 bits per heavy atom. The molecule has 0 radical (unpaired) electrons. The van der Waals surface area contributed by atoms with E-state index in [9.17, 15) is 14.7 Å². The number of allylic oxidation sites excluding steroid dienone is 1. The minimum atomic E-state index is -1.12. The second-order valence-corrected chi connectivity index (χ2v) is 7.26. The molecule has 1 aromatic heterocycles. The van der Waals surface area contributed by atoms with Crippen molar-refractivity contribution < 1.29 is 14.7 Å². The fraction of sp³-hybridized carbons (Fsp3) is 0.136. The third-order valence-corrected chi connectivity index (χ3v) is 5.22. The highest BCUT2D eigenvalue weighted by atomic mass is 35.5. The fourth-order valence-electron chi connectivity index (χ4n) is 3.42. The van der Waals surface area contributed by atoms with E-state index in [1.807, 2.05) is 31.2 Å². The number of para-hydroxylation sites is 1. The van der Waals surface area contributed by atoms with Crippen LogP contribution in [0.15, 0.2) is 66.5 Å². The zero-order chi connectivity index (χ0) is 21.3. The molecule has 7 nitrogen and oxygen atoms in total. The molecule has 3 aromatic rings. The van der Waals surface area contributed by atoms with E-state index in [2.05, 4.69) is 15.7 Å². The van der Waals surface area contributed by atoms with Crippen molar-refractivity contribution in [3.05, 3.63) is 88.2 Å². The maximum atomic E-state index is 13.0. The van der Waals surface area contributed by atoms with Crippen molar-refractivity contribution >= 4 is 35.0 Å². The lowest BCUT2D eigenvalue weighted by Gasteiger charge is -2.24. The van der Waals surface area contributed by atoms with Gasteiger partial charge in [0.2, 0.25) is 0 Å². The number of nitrogens with zero attached hydrogens (tertiary/aromatic N) is 2. The summed E-state index contributed by atoms with van der Waals surface area (Å²) >= 11 is 5.98. The summed E-state index contributed by atoms with van der Waals surface area (Å²) in [6.45, 7) is 2.01. The quantitative estimate of drug-likeness (QED) is 0.568. The average molecular weight is 423 g/mol. The SMILES string of the molecule is CCc1ccccc1NC(=O)c1cnn2c1NC(C(=O)O)=CC2c1ccc(Cl)cc1. The van der Waals surface area contributed by atoms with E-state index < -0.39 is 12.0 Å². The highest BCUT2D eigenvalue weighted by Gasteiger charge is 2.29. The molecule has 0 bridgehead atoms. The van der Waals surface area contributed by atoms with Gasteiger partial charge < -0.3 is 15.7 Å². The smallest absolute Gasteiger partial charge is 0.352 e. The molecule has 30 heavy (non-hydrogen) atoms. The Labute approximate surface area is 178 Å². The summed E-state index contributed by atoms with van der Waals surface area (Å²) in [6.07, 6.45) is 3.76. The Bertz CT molecular complexity index is 1150. The van der Waals surface area contributed by atoms with Crippen molar-refractivity contribution in [2.45, 2.75) is 19.4 Å². The number of halogens is 1. The van der Waals surface area contributed by atoms with Crippen molar-refractivity contribution in [2.75, 3.05) is 10.6 Å². The summed E-state index contributed by atoms with van der Waals surface area (Å²) < 4.78 is 1.59. The average Bonchev–Trinajstić information content (AvgIpc) is 3.18. The third kappa shape index (κ3) is 3.67. The van der Waals surface area contributed by atoms with E-state index in [-0.39, 0.29) is 17.2 Å². The molecular formula is C22H19ClN4O3. The van der Waals surface area contributed by atoms with Crippen molar-refractivity contribution in [1.29, 1.82) is 0 Å². The zero-order valence-electron chi connectivity index (χ0n) is 16.1. The minimum Gasteiger partial charge on any atom is -0.477 e. The number of fused-ring (bicyclic) bond motifs is 1. The lowest BCUT2D eigenvalue weighted by molar-refractivity contribution is -0.132. The molecule has 1 aliphatic heterocycles. The van der Waals surface area contributed by atoms with Gasteiger partial charge in [0.25, 0.3) is 5.91 Å². The second-order valence-electron chi connectivity index (χ2n) is 6.82. The molecule has 1 amide bonds. The first-order chi connectivity index (χ1) is 14.5. The van der Waals surface area contributed by atoms with E-state index in [1.54, 1.807) is 35.0 Å². The molecule has 0 spiro atoms. The van der Waals surface area contributed by atoms with E-state index >= 15 is 0 Å². The van der Waals surface area contributed by atoms with Crippen molar-refractivity contribution in [3.8, 4) is 0 Å². The molecule has 8 heteroatoms. The lowest BCUT2D eigenvalue weighted by Crippen LogP contribution is -2.25. The predicted octanol–water partition coefficient (Wildman–Crippen LogP) is 4.33. The largest absolute Gasteiger partial charge is 0.477 e. The summed E-state index contributed by atoms with van der Waals surface area (Å²) in [5.74, 6) is -1.17. The number of amides is 1. The first-order valence-electron chi connectivity index (χ1n) is 9.42. The van der Waals surface area contributed by atoms with Gasteiger partial charge >= 0.3 is 5.97 Å². The Morgan fingerprint density at radius 2 is 1.93 bits per heavy atom. The number of nitrogens with one attached hydrogen (secondary N) is 2.